The molecule has 2 aromatic carbocycles. The van der Waals surface area contributed by atoms with Gasteiger partial charge in [-0.3, -0.25) is 0 Å². The Bertz CT molecular complexity index is 609. The molecular weight excluding hydrogens is 320 g/mol. The molecule has 0 radical (unpaired) electrons. The van der Waals surface area contributed by atoms with Crippen LogP contribution in [0, 0.1) is 19.8 Å². The highest BCUT2D eigenvalue weighted by atomic mass is 79.9. The van der Waals surface area contributed by atoms with Crippen molar-refractivity contribution in [2.75, 3.05) is 0 Å². The Balaban J connectivity index is 1.85. The van der Waals surface area contributed by atoms with Crippen molar-refractivity contribution in [3.05, 3.63) is 70.3 Å². The van der Waals surface area contributed by atoms with Crippen molar-refractivity contribution in [2.45, 2.75) is 44.4 Å². The fraction of sp³-hybridized carbons (Fsp3) is 0.400. The number of aryl methyl sites for hydroxylation is 3. The molecule has 0 bridgehead atoms. The lowest BCUT2D eigenvalue weighted by atomic mass is 9.89. The molecule has 1 aliphatic rings. The van der Waals surface area contributed by atoms with Crippen LogP contribution < -0.4 is 0 Å². The summed E-state index contributed by atoms with van der Waals surface area (Å²) < 4.78 is 0. The van der Waals surface area contributed by atoms with E-state index in [4.69, 9.17) is 0 Å². The van der Waals surface area contributed by atoms with Crippen molar-refractivity contribution in [3.8, 4) is 0 Å². The van der Waals surface area contributed by atoms with Gasteiger partial charge in [0.1, 0.15) is 0 Å². The van der Waals surface area contributed by atoms with E-state index in [1.54, 1.807) is 0 Å². The van der Waals surface area contributed by atoms with Crippen LogP contribution in [0.25, 0.3) is 0 Å². The summed E-state index contributed by atoms with van der Waals surface area (Å²) in [4.78, 5) is 0.483. The summed E-state index contributed by atoms with van der Waals surface area (Å²) in [7, 11) is 0. The van der Waals surface area contributed by atoms with Gasteiger partial charge in [0.2, 0.25) is 0 Å². The molecule has 0 N–H and O–H groups in total. The first kappa shape index (κ1) is 14.8. The van der Waals surface area contributed by atoms with E-state index < -0.39 is 0 Å². The third-order valence-corrected chi connectivity index (χ3v) is 5.81. The molecule has 3 rings (SSSR count). The zero-order chi connectivity index (χ0) is 14.8. The highest BCUT2D eigenvalue weighted by Crippen LogP contribution is 2.40. The molecule has 2 unspecified atom stereocenters. The first-order valence-electron chi connectivity index (χ1n) is 7.92. The molecule has 2 aromatic rings. The summed E-state index contributed by atoms with van der Waals surface area (Å²) in [5.74, 6) is 0.690. The van der Waals surface area contributed by atoms with Crippen LogP contribution in [-0.4, -0.2) is 0 Å². The smallest absolute Gasteiger partial charge is 0.0429 e. The molecule has 1 aliphatic carbocycles. The van der Waals surface area contributed by atoms with Gasteiger partial charge in [-0.1, -0.05) is 69.5 Å². The van der Waals surface area contributed by atoms with E-state index in [2.05, 4.69) is 72.2 Å². The van der Waals surface area contributed by atoms with Gasteiger partial charge in [-0.25, -0.2) is 0 Å². The van der Waals surface area contributed by atoms with E-state index in [-0.39, 0.29) is 0 Å². The van der Waals surface area contributed by atoms with E-state index in [1.165, 1.54) is 53.5 Å². The summed E-state index contributed by atoms with van der Waals surface area (Å²) in [5, 5.41) is 0. The third-order valence-electron chi connectivity index (χ3n) is 4.57. The number of alkyl halides is 1. The number of benzene rings is 2. The van der Waals surface area contributed by atoms with Crippen LogP contribution in [0.5, 0.6) is 0 Å². The molecule has 21 heavy (non-hydrogen) atoms. The van der Waals surface area contributed by atoms with Crippen molar-refractivity contribution in [2.24, 2.45) is 5.92 Å². The van der Waals surface area contributed by atoms with Gasteiger partial charge in [-0.15, -0.1) is 0 Å². The predicted molar refractivity (Wildman–Crippen MR) is 94.2 cm³/mol. The lowest BCUT2D eigenvalue weighted by molar-refractivity contribution is 0.475. The molecule has 2 atom stereocenters. The van der Waals surface area contributed by atoms with Crippen LogP contribution in [0.3, 0.4) is 0 Å². The van der Waals surface area contributed by atoms with Gasteiger partial charge >= 0.3 is 0 Å². The number of hydrogen-bond acceptors (Lipinski definition) is 0. The van der Waals surface area contributed by atoms with Crippen molar-refractivity contribution >= 4 is 15.9 Å². The average Bonchev–Trinajstić information content (AvgIpc) is 2.59. The monoisotopic (exact) mass is 342 g/mol. The lowest BCUT2D eigenvalue weighted by Crippen LogP contribution is -2.10. The van der Waals surface area contributed by atoms with Gasteiger partial charge in [0, 0.05) is 4.83 Å². The maximum atomic E-state index is 4.00. The highest BCUT2D eigenvalue weighted by Gasteiger charge is 2.25. The third kappa shape index (κ3) is 3.40. The van der Waals surface area contributed by atoms with E-state index in [0.29, 0.717) is 10.7 Å². The van der Waals surface area contributed by atoms with Crippen molar-refractivity contribution in [3.63, 3.8) is 0 Å². The minimum absolute atomic E-state index is 0.483. The standard InChI is InChI=1S/C20H23Br/c1-14-10-15(2)12-16(11-14)13-18-8-5-7-17-6-3-4-9-19(17)20(18)21/h3-4,6,9-12,18,20H,5,7-8,13H2,1-2H3. The normalized spacial score (nSPS) is 21.7. The second kappa shape index (κ2) is 6.36. The van der Waals surface area contributed by atoms with Crippen LogP contribution in [-0.2, 0) is 12.8 Å². The Morgan fingerprint density at radius 2 is 1.76 bits per heavy atom. The minimum atomic E-state index is 0.483. The molecule has 110 valence electrons. The van der Waals surface area contributed by atoms with Crippen LogP contribution >= 0.6 is 15.9 Å². The first-order chi connectivity index (χ1) is 10.1. The van der Waals surface area contributed by atoms with E-state index >= 15 is 0 Å². The molecule has 0 fully saturated rings. The Kier molecular flexibility index (Phi) is 4.49. The summed E-state index contributed by atoms with van der Waals surface area (Å²) in [6.45, 7) is 4.40. The lowest BCUT2D eigenvalue weighted by Gasteiger charge is -2.22. The van der Waals surface area contributed by atoms with Crippen molar-refractivity contribution in [1.82, 2.24) is 0 Å². The van der Waals surface area contributed by atoms with E-state index in [0.717, 1.165) is 0 Å². The zero-order valence-corrected chi connectivity index (χ0v) is 14.5. The SMILES string of the molecule is Cc1cc(C)cc(CC2CCCc3ccccc3C2Br)c1. The van der Waals surface area contributed by atoms with E-state index in [9.17, 15) is 0 Å². The number of fused-ring (bicyclic) bond motifs is 1. The molecule has 0 spiro atoms. The molecule has 0 aliphatic heterocycles. The van der Waals surface area contributed by atoms with Gasteiger partial charge in [0.15, 0.2) is 0 Å². The van der Waals surface area contributed by atoms with Gasteiger partial charge in [-0.05, 0) is 62.1 Å². The fourth-order valence-corrected chi connectivity index (χ4v) is 4.58. The Labute approximate surface area is 136 Å². The molecule has 0 saturated carbocycles. The quantitative estimate of drug-likeness (QED) is 0.468. The van der Waals surface area contributed by atoms with Crippen LogP contribution in [0.2, 0.25) is 0 Å². The molecule has 0 amide bonds. The van der Waals surface area contributed by atoms with Gasteiger partial charge in [-0.2, -0.15) is 0 Å². The first-order valence-corrected chi connectivity index (χ1v) is 8.84. The zero-order valence-electron chi connectivity index (χ0n) is 12.9. The van der Waals surface area contributed by atoms with Gasteiger partial charge < -0.3 is 0 Å². The number of hydrogen-bond donors (Lipinski definition) is 0. The highest BCUT2D eigenvalue weighted by molar-refractivity contribution is 9.09. The Hall–Kier alpha value is -1.08. The number of rotatable bonds is 2. The second-order valence-corrected chi connectivity index (χ2v) is 7.44. The Morgan fingerprint density at radius 1 is 1.05 bits per heavy atom. The maximum Gasteiger partial charge on any atom is 0.0429 e. The minimum Gasteiger partial charge on any atom is -0.0836 e. The topological polar surface area (TPSA) is 0 Å². The van der Waals surface area contributed by atoms with Crippen molar-refractivity contribution < 1.29 is 0 Å². The fourth-order valence-electron chi connectivity index (χ4n) is 3.68. The molecule has 0 aromatic heterocycles. The van der Waals surface area contributed by atoms with Gasteiger partial charge in [0.05, 0.1) is 0 Å². The van der Waals surface area contributed by atoms with E-state index in [1.807, 2.05) is 0 Å². The molecular formula is C20H23Br. The Morgan fingerprint density at radius 3 is 2.52 bits per heavy atom. The molecule has 0 heterocycles. The summed E-state index contributed by atoms with van der Waals surface area (Å²) >= 11 is 4.00. The summed E-state index contributed by atoms with van der Waals surface area (Å²) in [5.41, 5.74) is 7.28. The van der Waals surface area contributed by atoms with Crippen molar-refractivity contribution in [1.29, 1.82) is 0 Å². The maximum absolute atomic E-state index is 4.00. The predicted octanol–water partition coefficient (Wildman–Crippen LogP) is 5.93. The molecule has 1 heteroatoms. The largest absolute Gasteiger partial charge is 0.0836 e. The summed E-state index contributed by atoms with van der Waals surface area (Å²) in [6.07, 6.45) is 5.00. The van der Waals surface area contributed by atoms with Gasteiger partial charge in [0.25, 0.3) is 0 Å². The summed E-state index contributed by atoms with van der Waals surface area (Å²) in [6, 6.07) is 15.9. The average molecular weight is 343 g/mol. The molecule has 0 nitrogen and oxygen atoms in total. The molecule has 0 saturated heterocycles. The van der Waals surface area contributed by atoms with Crippen LogP contribution in [0.1, 0.15) is 45.5 Å². The number of halogens is 1. The second-order valence-electron chi connectivity index (χ2n) is 6.45. The van der Waals surface area contributed by atoms with Crippen LogP contribution in [0.4, 0.5) is 0 Å². The van der Waals surface area contributed by atoms with Crippen LogP contribution in [0.15, 0.2) is 42.5 Å².